The molecule has 7 heteroatoms. The van der Waals surface area contributed by atoms with Crippen molar-refractivity contribution in [2.24, 2.45) is 5.73 Å². The fraction of sp³-hybridized carbons (Fsp3) is 0.400. The molecular weight excluding hydrogens is 250 g/mol. The Morgan fingerprint density at radius 3 is 2.29 bits per heavy atom. The summed E-state index contributed by atoms with van der Waals surface area (Å²) in [5.41, 5.74) is 5.24. The molecule has 0 unspecified atom stereocenters. The van der Waals surface area contributed by atoms with E-state index in [1.807, 2.05) is 0 Å². The summed E-state index contributed by atoms with van der Waals surface area (Å²) in [5, 5.41) is 0. The van der Waals surface area contributed by atoms with Gasteiger partial charge in [0.2, 0.25) is 10.0 Å². The van der Waals surface area contributed by atoms with Crippen LogP contribution in [0.5, 0.6) is 0 Å². The van der Waals surface area contributed by atoms with Crippen LogP contribution in [0.2, 0.25) is 0 Å². The lowest BCUT2D eigenvalue weighted by atomic mass is 10.3. The number of hydrogen-bond donors (Lipinski definition) is 2. The van der Waals surface area contributed by atoms with Crippen LogP contribution in [0.25, 0.3) is 0 Å². The van der Waals surface area contributed by atoms with Crippen LogP contribution in [0.3, 0.4) is 0 Å². The second kappa shape index (κ2) is 6.04. The quantitative estimate of drug-likeness (QED) is 0.752. The van der Waals surface area contributed by atoms with E-state index in [2.05, 4.69) is 4.72 Å². The Morgan fingerprint density at radius 2 is 1.76 bits per heavy atom. The van der Waals surface area contributed by atoms with Crippen molar-refractivity contribution in [2.75, 3.05) is 13.1 Å². The molecule has 0 aliphatic heterocycles. The predicted molar refractivity (Wildman–Crippen MR) is 59.8 cm³/mol. The van der Waals surface area contributed by atoms with E-state index in [0.29, 0.717) is 19.4 Å². The molecule has 1 aromatic carbocycles. The minimum Gasteiger partial charge on any atom is -0.330 e. The topological polar surface area (TPSA) is 72.2 Å². The molecule has 17 heavy (non-hydrogen) atoms. The van der Waals surface area contributed by atoms with Gasteiger partial charge in [0.25, 0.3) is 0 Å². The van der Waals surface area contributed by atoms with Crippen molar-refractivity contribution in [3.8, 4) is 0 Å². The number of rotatable bonds is 6. The van der Waals surface area contributed by atoms with Gasteiger partial charge < -0.3 is 5.73 Å². The van der Waals surface area contributed by atoms with Gasteiger partial charge in [0, 0.05) is 6.54 Å². The van der Waals surface area contributed by atoms with Crippen molar-refractivity contribution < 1.29 is 17.2 Å². The third-order valence-corrected chi connectivity index (χ3v) is 3.62. The maximum absolute atomic E-state index is 13.2. The monoisotopic (exact) mass is 264 g/mol. The van der Waals surface area contributed by atoms with E-state index in [9.17, 15) is 17.2 Å². The summed E-state index contributed by atoms with van der Waals surface area (Å²) in [4.78, 5) is -0.937. The Hall–Kier alpha value is -1.05. The molecule has 0 aliphatic carbocycles. The van der Waals surface area contributed by atoms with Crippen LogP contribution in [0.4, 0.5) is 8.78 Å². The van der Waals surface area contributed by atoms with Gasteiger partial charge in [-0.1, -0.05) is 6.07 Å². The molecule has 96 valence electrons. The highest BCUT2D eigenvalue weighted by Crippen LogP contribution is 2.17. The van der Waals surface area contributed by atoms with Gasteiger partial charge in [0.15, 0.2) is 4.90 Å². The van der Waals surface area contributed by atoms with Gasteiger partial charge >= 0.3 is 0 Å². The second-order valence-corrected chi connectivity index (χ2v) is 5.15. The first-order valence-electron chi connectivity index (χ1n) is 5.13. The zero-order valence-corrected chi connectivity index (χ0v) is 9.93. The minimum atomic E-state index is -4.14. The van der Waals surface area contributed by atoms with E-state index in [0.717, 1.165) is 18.2 Å². The lowest BCUT2D eigenvalue weighted by Crippen LogP contribution is -2.27. The lowest BCUT2D eigenvalue weighted by molar-refractivity contribution is 0.513. The molecule has 0 radical (unpaired) electrons. The SMILES string of the molecule is NCCCCNS(=O)(=O)c1c(F)cccc1F. The van der Waals surface area contributed by atoms with Gasteiger partial charge in [-0.2, -0.15) is 0 Å². The third-order valence-electron chi connectivity index (χ3n) is 2.11. The van der Waals surface area contributed by atoms with Crippen molar-refractivity contribution in [1.82, 2.24) is 4.72 Å². The van der Waals surface area contributed by atoms with Crippen LogP contribution in [0.1, 0.15) is 12.8 Å². The van der Waals surface area contributed by atoms with Crippen LogP contribution in [-0.2, 0) is 10.0 Å². The van der Waals surface area contributed by atoms with E-state index in [1.165, 1.54) is 0 Å². The Kier molecular flexibility index (Phi) is 4.98. The maximum atomic E-state index is 13.2. The largest absolute Gasteiger partial charge is 0.330 e. The average molecular weight is 264 g/mol. The maximum Gasteiger partial charge on any atom is 0.246 e. The van der Waals surface area contributed by atoms with Gasteiger partial charge in [-0.3, -0.25) is 0 Å². The Morgan fingerprint density at radius 1 is 1.18 bits per heavy atom. The summed E-state index contributed by atoms with van der Waals surface area (Å²) in [6.45, 7) is 0.545. The highest BCUT2D eigenvalue weighted by Gasteiger charge is 2.22. The van der Waals surface area contributed by atoms with Crippen molar-refractivity contribution >= 4 is 10.0 Å². The van der Waals surface area contributed by atoms with Gasteiger partial charge in [0.1, 0.15) is 11.6 Å². The molecule has 0 spiro atoms. The second-order valence-electron chi connectivity index (χ2n) is 3.44. The van der Waals surface area contributed by atoms with Gasteiger partial charge in [0.05, 0.1) is 0 Å². The van der Waals surface area contributed by atoms with Gasteiger partial charge in [-0.15, -0.1) is 0 Å². The van der Waals surface area contributed by atoms with Crippen molar-refractivity contribution in [3.05, 3.63) is 29.8 Å². The number of unbranched alkanes of at least 4 members (excludes halogenated alkanes) is 1. The fourth-order valence-electron chi connectivity index (χ4n) is 1.29. The van der Waals surface area contributed by atoms with Crippen LogP contribution in [-0.4, -0.2) is 21.5 Å². The molecule has 0 aliphatic rings. The van der Waals surface area contributed by atoms with Gasteiger partial charge in [-0.25, -0.2) is 21.9 Å². The summed E-state index contributed by atoms with van der Waals surface area (Å²) < 4.78 is 51.8. The zero-order valence-electron chi connectivity index (χ0n) is 9.12. The molecular formula is C10H14F2N2O2S. The number of sulfonamides is 1. The van der Waals surface area contributed by atoms with Crippen LogP contribution in [0, 0.1) is 11.6 Å². The molecule has 1 aromatic rings. The lowest BCUT2D eigenvalue weighted by Gasteiger charge is -2.08. The normalized spacial score (nSPS) is 11.7. The smallest absolute Gasteiger partial charge is 0.246 e. The molecule has 0 heterocycles. The predicted octanol–water partition coefficient (Wildman–Crippen LogP) is 0.982. The first-order valence-corrected chi connectivity index (χ1v) is 6.61. The standard InChI is InChI=1S/C10H14F2N2O2S/c11-8-4-3-5-9(12)10(8)17(15,16)14-7-2-1-6-13/h3-5,14H,1-2,6-7,13H2. The van der Waals surface area contributed by atoms with E-state index >= 15 is 0 Å². The van der Waals surface area contributed by atoms with Crippen molar-refractivity contribution in [2.45, 2.75) is 17.7 Å². The molecule has 0 saturated carbocycles. The molecule has 0 fully saturated rings. The summed E-state index contributed by atoms with van der Waals surface area (Å²) in [6, 6.07) is 2.91. The molecule has 4 nitrogen and oxygen atoms in total. The molecule has 0 bridgehead atoms. The molecule has 0 atom stereocenters. The van der Waals surface area contributed by atoms with E-state index in [1.54, 1.807) is 0 Å². The highest BCUT2D eigenvalue weighted by atomic mass is 32.2. The summed E-state index contributed by atoms with van der Waals surface area (Å²) in [7, 11) is -4.14. The molecule has 1 rings (SSSR count). The molecule has 0 amide bonds. The number of nitrogens with one attached hydrogen (secondary N) is 1. The number of halogens is 2. The first-order chi connectivity index (χ1) is 7.99. The number of hydrogen-bond acceptors (Lipinski definition) is 3. The minimum absolute atomic E-state index is 0.104. The highest BCUT2D eigenvalue weighted by molar-refractivity contribution is 7.89. The summed E-state index contributed by atoms with van der Waals surface area (Å²) in [6.07, 6.45) is 1.16. The van der Waals surface area contributed by atoms with E-state index in [4.69, 9.17) is 5.73 Å². The first kappa shape index (κ1) is 14.0. The molecule has 0 saturated heterocycles. The fourth-order valence-corrected chi connectivity index (χ4v) is 2.49. The number of benzene rings is 1. The van der Waals surface area contributed by atoms with Crippen LogP contribution < -0.4 is 10.5 Å². The van der Waals surface area contributed by atoms with E-state index < -0.39 is 26.6 Å². The van der Waals surface area contributed by atoms with Crippen LogP contribution in [0.15, 0.2) is 23.1 Å². The van der Waals surface area contributed by atoms with E-state index in [-0.39, 0.29) is 6.54 Å². The van der Waals surface area contributed by atoms with Crippen molar-refractivity contribution in [1.29, 1.82) is 0 Å². The Balaban J connectivity index is 2.83. The Labute approximate surface area is 98.9 Å². The zero-order chi connectivity index (χ0) is 12.9. The van der Waals surface area contributed by atoms with Crippen LogP contribution >= 0.6 is 0 Å². The molecule has 0 aromatic heterocycles. The molecule has 3 N–H and O–H groups in total. The third kappa shape index (κ3) is 3.72. The van der Waals surface area contributed by atoms with Gasteiger partial charge in [-0.05, 0) is 31.5 Å². The Bertz CT molecular complexity index is 457. The summed E-state index contributed by atoms with van der Waals surface area (Å²) >= 11 is 0. The number of nitrogens with two attached hydrogens (primary N) is 1. The average Bonchev–Trinajstić information content (AvgIpc) is 2.24. The summed E-state index contributed by atoms with van der Waals surface area (Å²) in [5.74, 6) is -2.20. The van der Waals surface area contributed by atoms with Crippen molar-refractivity contribution in [3.63, 3.8) is 0 Å².